The van der Waals surface area contributed by atoms with Crippen molar-refractivity contribution in [1.82, 2.24) is 14.9 Å². The molecule has 3 rings (SSSR count). The lowest BCUT2D eigenvalue weighted by Gasteiger charge is -2.27. The molecule has 1 aliphatic rings. The van der Waals surface area contributed by atoms with Gasteiger partial charge in [-0.3, -0.25) is 9.69 Å². The van der Waals surface area contributed by atoms with E-state index < -0.39 is 0 Å². The molecule has 1 saturated heterocycles. The topological polar surface area (TPSA) is 84.2 Å². The molecule has 1 fully saturated rings. The number of aromatic nitrogens is 2. The lowest BCUT2D eigenvalue weighted by atomic mass is 10.1. The van der Waals surface area contributed by atoms with Gasteiger partial charge in [-0.25, -0.2) is 4.98 Å². The van der Waals surface area contributed by atoms with Gasteiger partial charge in [0.25, 0.3) is 5.56 Å². The fraction of sp³-hybridized carbons (Fsp3) is 0.429. The van der Waals surface area contributed by atoms with E-state index in [-0.39, 0.29) is 5.56 Å². The van der Waals surface area contributed by atoms with E-state index in [0.29, 0.717) is 22.4 Å². The van der Waals surface area contributed by atoms with E-state index in [1.165, 1.54) is 0 Å². The highest BCUT2D eigenvalue weighted by Crippen LogP contribution is 2.20. The highest BCUT2D eigenvalue weighted by Gasteiger charge is 2.13. The number of nitrogens with zero attached hydrogens (tertiary/aromatic N) is 2. The number of morpholine rings is 1. The van der Waals surface area contributed by atoms with Gasteiger partial charge in [0.05, 0.1) is 24.1 Å². The second kappa shape index (κ2) is 5.22. The number of ether oxygens (including phenoxy) is 1. The highest BCUT2D eigenvalue weighted by molar-refractivity contribution is 5.82. The van der Waals surface area contributed by atoms with E-state index in [1.807, 2.05) is 6.07 Å². The molecule has 1 aliphatic heterocycles. The molecular formula is C14H18N4O2. The molecule has 0 aliphatic carbocycles. The van der Waals surface area contributed by atoms with Gasteiger partial charge in [0.2, 0.25) is 0 Å². The Morgan fingerprint density at radius 1 is 1.40 bits per heavy atom. The van der Waals surface area contributed by atoms with Crippen LogP contribution in [0.15, 0.2) is 16.9 Å². The molecule has 20 heavy (non-hydrogen) atoms. The number of nitrogens with two attached hydrogens (primary N) is 1. The van der Waals surface area contributed by atoms with Crippen LogP contribution in [0, 0.1) is 6.92 Å². The van der Waals surface area contributed by atoms with Gasteiger partial charge in [-0.15, -0.1) is 0 Å². The third kappa shape index (κ3) is 2.52. The number of anilines is 1. The van der Waals surface area contributed by atoms with Crippen LogP contribution in [-0.4, -0.2) is 41.2 Å². The third-order valence-corrected chi connectivity index (χ3v) is 3.58. The zero-order valence-corrected chi connectivity index (χ0v) is 11.5. The maximum Gasteiger partial charge on any atom is 0.258 e. The number of rotatable bonds is 2. The molecule has 0 bridgehead atoms. The fourth-order valence-corrected chi connectivity index (χ4v) is 2.50. The van der Waals surface area contributed by atoms with Crippen molar-refractivity contribution in [3.05, 3.63) is 33.9 Å². The Labute approximate surface area is 116 Å². The second-order valence-electron chi connectivity index (χ2n) is 5.11. The number of nitrogen functional groups attached to an aromatic ring is 1. The molecule has 2 heterocycles. The standard InChI is InChI=1S/C14H18N4O2/c1-9-16-13-6-10(8-18-2-4-20-5-3-18)12(15)7-11(13)14(19)17-9/h6-7H,2-5,8,15H2,1H3,(H,16,17,19). The number of hydrogen-bond donors (Lipinski definition) is 2. The molecule has 1 aromatic heterocycles. The molecule has 0 radical (unpaired) electrons. The zero-order chi connectivity index (χ0) is 14.1. The number of benzene rings is 1. The van der Waals surface area contributed by atoms with E-state index >= 15 is 0 Å². The second-order valence-corrected chi connectivity index (χ2v) is 5.11. The Bertz CT molecular complexity index is 689. The minimum atomic E-state index is -0.142. The van der Waals surface area contributed by atoms with Crippen LogP contribution in [0.25, 0.3) is 10.9 Å². The van der Waals surface area contributed by atoms with Gasteiger partial charge in [-0.2, -0.15) is 0 Å². The normalized spacial score (nSPS) is 16.6. The van der Waals surface area contributed by atoms with Gasteiger partial charge >= 0.3 is 0 Å². The van der Waals surface area contributed by atoms with Gasteiger partial charge in [0, 0.05) is 25.3 Å². The van der Waals surface area contributed by atoms with Crippen molar-refractivity contribution in [2.75, 3.05) is 32.0 Å². The summed E-state index contributed by atoms with van der Waals surface area (Å²) in [5.41, 5.74) is 8.28. The average molecular weight is 274 g/mol. The summed E-state index contributed by atoms with van der Waals surface area (Å²) in [4.78, 5) is 21.2. The quantitative estimate of drug-likeness (QED) is 0.785. The monoisotopic (exact) mass is 274 g/mol. The summed E-state index contributed by atoms with van der Waals surface area (Å²) in [6.45, 7) is 5.85. The number of aromatic amines is 1. The predicted molar refractivity (Wildman–Crippen MR) is 77.6 cm³/mol. The molecule has 0 saturated carbocycles. The van der Waals surface area contributed by atoms with Crippen molar-refractivity contribution in [2.45, 2.75) is 13.5 Å². The highest BCUT2D eigenvalue weighted by atomic mass is 16.5. The molecule has 3 N–H and O–H groups in total. The van der Waals surface area contributed by atoms with Crippen molar-refractivity contribution >= 4 is 16.6 Å². The summed E-state index contributed by atoms with van der Waals surface area (Å²) in [6, 6.07) is 3.64. The summed E-state index contributed by atoms with van der Waals surface area (Å²) in [5.74, 6) is 0.615. The van der Waals surface area contributed by atoms with Crippen LogP contribution in [0.3, 0.4) is 0 Å². The van der Waals surface area contributed by atoms with Gasteiger partial charge in [0.15, 0.2) is 0 Å². The maximum absolute atomic E-state index is 11.9. The third-order valence-electron chi connectivity index (χ3n) is 3.58. The minimum absolute atomic E-state index is 0.142. The molecule has 6 nitrogen and oxygen atoms in total. The first kappa shape index (κ1) is 13.1. The van der Waals surface area contributed by atoms with E-state index in [4.69, 9.17) is 10.5 Å². The summed E-state index contributed by atoms with van der Waals surface area (Å²) in [6.07, 6.45) is 0. The summed E-state index contributed by atoms with van der Waals surface area (Å²) >= 11 is 0. The Hall–Kier alpha value is -1.92. The van der Waals surface area contributed by atoms with E-state index in [9.17, 15) is 4.79 Å². The molecule has 0 atom stereocenters. The first-order valence-electron chi connectivity index (χ1n) is 6.72. The first-order chi connectivity index (χ1) is 9.63. The summed E-state index contributed by atoms with van der Waals surface area (Å²) in [7, 11) is 0. The van der Waals surface area contributed by atoms with E-state index in [0.717, 1.165) is 38.4 Å². The lowest BCUT2D eigenvalue weighted by Crippen LogP contribution is -2.35. The van der Waals surface area contributed by atoms with Crippen LogP contribution in [0.5, 0.6) is 0 Å². The molecule has 106 valence electrons. The molecular weight excluding hydrogens is 256 g/mol. The molecule has 1 aromatic carbocycles. The van der Waals surface area contributed by atoms with Crippen molar-refractivity contribution in [2.24, 2.45) is 0 Å². The van der Waals surface area contributed by atoms with Crippen molar-refractivity contribution < 1.29 is 4.74 Å². The van der Waals surface area contributed by atoms with Crippen molar-refractivity contribution in [1.29, 1.82) is 0 Å². The lowest BCUT2D eigenvalue weighted by molar-refractivity contribution is 0.0343. The number of fused-ring (bicyclic) bond motifs is 1. The molecule has 0 amide bonds. The fourth-order valence-electron chi connectivity index (χ4n) is 2.50. The van der Waals surface area contributed by atoms with Crippen LogP contribution >= 0.6 is 0 Å². The molecule has 0 unspecified atom stereocenters. The van der Waals surface area contributed by atoms with Crippen molar-refractivity contribution in [3.8, 4) is 0 Å². The molecule has 6 heteroatoms. The predicted octanol–water partition coefficient (Wildman–Crippen LogP) is 0.646. The van der Waals surface area contributed by atoms with Crippen molar-refractivity contribution in [3.63, 3.8) is 0 Å². The minimum Gasteiger partial charge on any atom is -0.398 e. The zero-order valence-electron chi connectivity index (χ0n) is 11.5. The number of H-pyrrole nitrogens is 1. The molecule has 2 aromatic rings. The number of nitrogens with one attached hydrogen (secondary N) is 1. The van der Waals surface area contributed by atoms with E-state index in [1.54, 1.807) is 13.0 Å². The SMILES string of the molecule is Cc1nc2cc(CN3CCOCC3)c(N)cc2c(=O)[nH]1. The van der Waals surface area contributed by atoms with Crippen LogP contribution < -0.4 is 11.3 Å². The van der Waals surface area contributed by atoms with Crippen LogP contribution in [0.4, 0.5) is 5.69 Å². The van der Waals surface area contributed by atoms with Gasteiger partial charge in [0.1, 0.15) is 5.82 Å². The van der Waals surface area contributed by atoms with Crippen LogP contribution in [-0.2, 0) is 11.3 Å². The van der Waals surface area contributed by atoms with E-state index in [2.05, 4.69) is 14.9 Å². The Balaban J connectivity index is 1.98. The number of aryl methyl sites for hydroxylation is 1. The number of hydrogen-bond acceptors (Lipinski definition) is 5. The largest absolute Gasteiger partial charge is 0.398 e. The first-order valence-corrected chi connectivity index (χ1v) is 6.72. The van der Waals surface area contributed by atoms with Crippen LogP contribution in [0.2, 0.25) is 0 Å². The summed E-state index contributed by atoms with van der Waals surface area (Å²) < 4.78 is 5.34. The Kier molecular flexibility index (Phi) is 3.42. The van der Waals surface area contributed by atoms with Gasteiger partial charge < -0.3 is 15.5 Å². The van der Waals surface area contributed by atoms with Crippen LogP contribution in [0.1, 0.15) is 11.4 Å². The van der Waals surface area contributed by atoms with Gasteiger partial charge in [-0.05, 0) is 24.6 Å². The van der Waals surface area contributed by atoms with Gasteiger partial charge in [-0.1, -0.05) is 0 Å². The Morgan fingerprint density at radius 3 is 2.90 bits per heavy atom. The smallest absolute Gasteiger partial charge is 0.258 e. The maximum atomic E-state index is 11.9. The average Bonchev–Trinajstić information content (AvgIpc) is 2.42. The molecule has 0 spiro atoms. The Morgan fingerprint density at radius 2 is 2.15 bits per heavy atom. The summed E-state index contributed by atoms with van der Waals surface area (Å²) in [5, 5.41) is 0.541.